The zero-order valence-corrected chi connectivity index (χ0v) is 88.7. The largest absolute Gasteiger partial charge is 0.308 e. The van der Waals surface area contributed by atoms with Gasteiger partial charge in [-0.15, -0.1) is 0 Å². The van der Waals surface area contributed by atoms with E-state index in [1.165, 1.54) is 359 Å². The molecule has 2 aromatic heterocycles. The van der Waals surface area contributed by atoms with Gasteiger partial charge in [0.15, 0.2) is 0 Å². The van der Waals surface area contributed by atoms with Crippen LogP contribution in [0.2, 0.25) is 0 Å². The third-order valence-electron chi connectivity index (χ3n) is 43.1. The number of nitrogens with zero attached hydrogens (tertiary/aromatic N) is 3. The average Bonchev–Trinajstić information content (AvgIpc) is 1.46. The molecule has 1 spiro atoms. The normalized spacial score (nSPS) is 24.9. The zero-order chi connectivity index (χ0) is 98.2. The molecule has 144 heavy (non-hydrogen) atoms. The fraction of sp³-hybridized carbons (Fsp3) is 0.433. The van der Waals surface area contributed by atoms with Gasteiger partial charge in [-0.05, 0) is 415 Å². The lowest BCUT2D eigenvalue weighted by Gasteiger charge is -2.68. The highest BCUT2D eigenvalue weighted by Crippen LogP contribution is 2.83. The van der Waals surface area contributed by atoms with Gasteiger partial charge in [-0.1, -0.05) is 346 Å². The van der Waals surface area contributed by atoms with Gasteiger partial charge in [-0.3, -0.25) is 0 Å². The molecule has 27 rings (SSSR count). The molecule has 0 radical (unpaired) electrons. The van der Waals surface area contributed by atoms with E-state index in [1.54, 1.807) is 22.3 Å². The van der Waals surface area contributed by atoms with E-state index < -0.39 is 0 Å². The minimum atomic E-state index is -0.364. The predicted molar refractivity (Wildman–Crippen MR) is 603 cm³/mol. The minimum Gasteiger partial charge on any atom is -0.308 e. The average molecular weight is 1880 g/mol. The molecular weight excluding hydrogens is 1740 g/mol. The van der Waals surface area contributed by atoms with Gasteiger partial charge in [0, 0.05) is 48.6 Å². The molecule has 12 aliphatic carbocycles. The molecule has 726 valence electrons. The quantitative estimate of drug-likeness (QED) is 0.0439. The van der Waals surface area contributed by atoms with Gasteiger partial charge in [0.25, 0.3) is 0 Å². The number of hydrogen-bond donors (Lipinski definition) is 0. The van der Waals surface area contributed by atoms with E-state index in [9.17, 15) is 10.5 Å². The number of hydrogen-bond acceptors (Lipinski definition) is 2. The summed E-state index contributed by atoms with van der Waals surface area (Å²) >= 11 is 0. The Morgan fingerprint density at radius 2 is 0.688 bits per heavy atom. The maximum Gasteiger partial charge on any atom is 0.0995 e. The molecule has 0 amide bonds. The maximum absolute atomic E-state index is 11.7. The van der Waals surface area contributed by atoms with Crippen LogP contribution in [-0.2, 0) is 32.5 Å². The Balaban J connectivity index is 0.558. The van der Waals surface area contributed by atoms with Crippen molar-refractivity contribution in [1.82, 2.24) is 4.40 Å². The first kappa shape index (κ1) is 91.3. The number of benzene rings is 13. The first-order valence-electron chi connectivity index (χ1n) is 57.7. The van der Waals surface area contributed by atoms with Crippen molar-refractivity contribution in [3.05, 3.63) is 301 Å². The number of rotatable bonds is 29. The van der Waals surface area contributed by atoms with Crippen LogP contribution in [-0.4, -0.2) is 4.40 Å². The molecule has 12 aliphatic rings. The van der Waals surface area contributed by atoms with Crippen LogP contribution in [0, 0.1) is 75.4 Å². The summed E-state index contributed by atoms with van der Waals surface area (Å²) in [5.74, 6) is 6.17. The highest BCUT2D eigenvalue weighted by Gasteiger charge is 2.73. The summed E-state index contributed by atoms with van der Waals surface area (Å²) < 4.78 is 2.66. The number of nitriles is 2. The Morgan fingerprint density at radius 3 is 1.12 bits per heavy atom. The minimum absolute atomic E-state index is 0.000980. The molecule has 15 atom stereocenters. The van der Waals surface area contributed by atoms with E-state index >= 15 is 0 Å². The van der Waals surface area contributed by atoms with E-state index in [0.29, 0.717) is 58.7 Å². The van der Waals surface area contributed by atoms with Crippen molar-refractivity contribution in [2.75, 3.05) is 0 Å². The summed E-state index contributed by atoms with van der Waals surface area (Å²) in [6, 6.07) is 93.4. The monoisotopic (exact) mass is 1880 g/mol. The van der Waals surface area contributed by atoms with Gasteiger partial charge in [-0.2, -0.15) is 10.5 Å². The summed E-state index contributed by atoms with van der Waals surface area (Å²) in [6.45, 7) is 37.5. The fourth-order valence-corrected chi connectivity index (χ4v) is 36.7. The van der Waals surface area contributed by atoms with Gasteiger partial charge in [0.05, 0.1) is 39.8 Å². The molecule has 15 aromatic rings. The van der Waals surface area contributed by atoms with Crippen LogP contribution in [0.25, 0.3) is 149 Å². The van der Waals surface area contributed by atoms with E-state index in [2.05, 4.69) is 333 Å². The molecule has 13 aromatic carbocycles. The highest BCUT2D eigenvalue weighted by atomic mass is 14.9. The van der Waals surface area contributed by atoms with Crippen molar-refractivity contribution in [2.45, 2.75) is 334 Å². The summed E-state index contributed by atoms with van der Waals surface area (Å²) in [6.07, 6.45) is 34.5. The Hall–Kier alpha value is -11.4. The molecule has 0 aliphatic heterocycles. The van der Waals surface area contributed by atoms with Crippen LogP contribution < -0.4 is 0 Å². The molecule has 3 heteroatoms. The second-order valence-electron chi connectivity index (χ2n) is 50.4. The maximum atomic E-state index is 11.7. The van der Waals surface area contributed by atoms with Crippen LogP contribution in [0.15, 0.2) is 212 Å². The van der Waals surface area contributed by atoms with Gasteiger partial charge in [0.2, 0.25) is 0 Å². The van der Waals surface area contributed by atoms with E-state index in [1.807, 2.05) is 0 Å². The second kappa shape index (κ2) is 33.1. The van der Waals surface area contributed by atoms with Crippen LogP contribution in [0.1, 0.15) is 390 Å². The molecule has 0 saturated heterocycles. The Bertz CT molecular complexity index is 8010. The Kier molecular flexibility index (Phi) is 21.0. The third-order valence-corrected chi connectivity index (χ3v) is 43.1. The van der Waals surface area contributed by atoms with Crippen LogP contribution in [0.3, 0.4) is 0 Å². The molecule has 2 heterocycles. The lowest BCUT2D eigenvalue weighted by atomic mass is 9.36. The Labute approximate surface area is 858 Å². The molecule has 3 nitrogen and oxygen atoms in total. The van der Waals surface area contributed by atoms with E-state index in [-0.39, 0.29) is 32.5 Å². The van der Waals surface area contributed by atoms with Gasteiger partial charge >= 0.3 is 0 Å². The Morgan fingerprint density at radius 1 is 0.306 bits per heavy atom. The lowest BCUT2D eigenvalue weighted by molar-refractivity contribution is -0.146. The van der Waals surface area contributed by atoms with Crippen molar-refractivity contribution in [3.63, 3.8) is 0 Å². The number of fused-ring (bicyclic) bond motifs is 33. The summed E-state index contributed by atoms with van der Waals surface area (Å²) in [4.78, 5) is 0. The predicted octanol–water partition coefficient (Wildman–Crippen LogP) is 39.0. The smallest absolute Gasteiger partial charge is 0.0995 e. The lowest BCUT2D eigenvalue weighted by Crippen LogP contribution is -2.59. The van der Waals surface area contributed by atoms with Crippen molar-refractivity contribution in [1.29, 1.82) is 10.5 Å². The molecule has 15 unspecified atom stereocenters. The highest BCUT2D eigenvalue weighted by molar-refractivity contribution is 6.29. The molecular formula is C141H147N3. The van der Waals surface area contributed by atoms with Crippen molar-refractivity contribution in [3.8, 4) is 123 Å². The first-order valence-corrected chi connectivity index (χ1v) is 57.7. The van der Waals surface area contributed by atoms with Gasteiger partial charge < -0.3 is 4.40 Å². The second-order valence-corrected chi connectivity index (χ2v) is 50.4. The topological polar surface area (TPSA) is 52.0 Å². The van der Waals surface area contributed by atoms with Crippen molar-refractivity contribution < 1.29 is 0 Å². The van der Waals surface area contributed by atoms with Crippen molar-refractivity contribution in [2.24, 2.45) is 52.8 Å². The molecule has 5 bridgehead atoms. The molecule has 5 fully saturated rings. The summed E-state index contributed by atoms with van der Waals surface area (Å²) in [7, 11) is 0. The zero-order valence-electron chi connectivity index (χ0n) is 88.7. The van der Waals surface area contributed by atoms with Gasteiger partial charge in [0.1, 0.15) is 0 Å². The summed E-state index contributed by atoms with van der Waals surface area (Å²) in [5, 5.41) is 28.9. The first-order chi connectivity index (χ1) is 70.0. The third kappa shape index (κ3) is 12.1. The SMILES string of the molecule is CCCCCCC(CC)C1(C(CC)CCCCC)c2cc(-c3ccc4c(c3)C(C)(C)c3cc(-c5ccccc5)ccc3-4)ccc2-c2ccc(-c3ccc4c(c3)C(C)(C)c3cc(-c5ccc6c(c5)C(C(CC)CCCC)(C(CC)CCCCC)c5cc(-c7ccc8c(c7)C(C)(C)c7c-8cc8c9c%10c(c(C#N)cc9n9c%11cc(C#N)c%12c(c%11c7c89)C7CC8CC9CC%12C89C7)C7(C)CC8CC%10CC7C8)ccc5-6)ccc3-4)cc21. The van der Waals surface area contributed by atoms with Crippen LogP contribution in [0.4, 0.5) is 0 Å². The standard InChI is InChI=1S/C141H147N3/c1-16-24-28-34-40-99(23-8)141(98(22-7)39-31-26-18-3)121-69-89(84-42-51-104-103-50-41-83(82-35-32-29-33-36-82)63-114(103)135(9,10)115(104)64-84)46-55-109(121)110-56-47-90(70-122(110)141)86-44-53-106-105-52-43-85(65-116(105)136(11,12)117(106)66-86)88-45-54-107-108-57-48-91(71-120(108)140(119(107)68-88,96(20-5)37-27-19-4)97(21-6)38-30-25-17-2)87-49-58-111-112-76-113-129-124(73-95(80-143)132-128(129)92-59-81-60-100(61-92)138(132,15)77-81)144-125-72-94(79-142)126-123-75-102-74-101-62-93(78-139(101,102)123)127(126)130(125)131(134(113)144)133(112)137(13,14)118(111)67-87/h29,32-33,35-36,41-58,63-73,76,81,92-93,96-102,123H,16-28,30-31,34,37-40,59-62,74-75,77-78H2,1-15H3. The molecule has 0 N–H and O–H groups in total. The number of unbranched alkanes of at least 4 members (excludes halogenated alkanes) is 8. The van der Waals surface area contributed by atoms with Crippen LogP contribution >= 0.6 is 0 Å². The number of aromatic nitrogens is 1. The van der Waals surface area contributed by atoms with Crippen LogP contribution in [0.5, 0.6) is 0 Å². The summed E-state index contributed by atoms with van der Waals surface area (Å²) in [5.41, 5.74) is 52.9. The van der Waals surface area contributed by atoms with E-state index in [4.69, 9.17) is 0 Å². The van der Waals surface area contributed by atoms with E-state index in [0.717, 1.165) is 48.6 Å². The fourth-order valence-electron chi connectivity index (χ4n) is 36.7. The van der Waals surface area contributed by atoms with Gasteiger partial charge in [-0.25, -0.2) is 0 Å². The molecule has 5 saturated carbocycles. The van der Waals surface area contributed by atoms with Crippen molar-refractivity contribution >= 4 is 38.1 Å².